The van der Waals surface area contributed by atoms with Crippen LogP contribution in [0.3, 0.4) is 0 Å². The summed E-state index contributed by atoms with van der Waals surface area (Å²) in [5, 5.41) is 13.0. The molecule has 0 fully saturated rings. The van der Waals surface area contributed by atoms with Gasteiger partial charge in [-0.05, 0) is 35.7 Å². The van der Waals surface area contributed by atoms with Crippen molar-refractivity contribution in [3.8, 4) is 5.75 Å². The summed E-state index contributed by atoms with van der Waals surface area (Å²) in [6.07, 6.45) is 1.04. The zero-order valence-electron chi connectivity index (χ0n) is 12.4. The Hall–Kier alpha value is -2.00. The van der Waals surface area contributed by atoms with E-state index in [0.29, 0.717) is 11.8 Å². The van der Waals surface area contributed by atoms with E-state index in [9.17, 15) is 5.11 Å². The number of benzene rings is 2. The number of anilines is 1. The van der Waals surface area contributed by atoms with Crippen LogP contribution in [0.15, 0.2) is 48.5 Å². The molecule has 0 aliphatic carbocycles. The predicted molar refractivity (Wildman–Crippen MR) is 86.6 cm³/mol. The smallest absolute Gasteiger partial charge is 0.115 e. The Bertz CT molecular complexity index is 594. The molecule has 2 N–H and O–H groups in total. The number of hydrogen-bond donors (Lipinski definition) is 2. The van der Waals surface area contributed by atoms with Crippen LogP contribution in [0.2, 0.25) is 0 Å². The van der Waals surface area contributed by atoms with Gasteiger partial charge in [-0.2, -0.15) is 0 Å². The van der Waals surface area contributed by atoms with E-state index in [4.69, 9.17) is 0 Å². The minimum Gasteiger partial charge on any atom is -0.508 e. The molecule has 1 atom stereocenters. The first-order valence-corrected chi connectivity index (χ1v) is 7.64. The van der Waals surface area contributed by atoms with Crippen molar-refractivity contribution in [3.05, 3.63) is 59.7 Å². The van der Waals surface area contributed by atoms with Gasteiger partial charge < -0.3 is 15.3 Å². The molecule has 3 heteroatoms. The summed E-state index contributed by atoms with van der Waals surface area (Å²) < 4.78 is 0. The highest BCUT2D eigenvalue weighted by atomic mass is 16.3. The van der Waals surface area contributed by atoms with E-state index >= 15 is 0 Å². The number of nitrogens with one attached hydrogen (secondary N) is 1. The predicted octanol–water partition coefficient (Wildman–Crippen LogP) is 3.45. The van der Waals surface area contributed by atoms with Gasteiger partial charge in [-0.3, -0.25) is 0 Å². The third-order valence-corrected chi connectivity index (χ3v) is 4.19. The number of aromatic hydroxyl groups is 1. The maximum absolute atomic E-state index is 9.50. The van der Waals surface area contributed by atoms with E-state index in [0.717, 1.165) is 26.1 Å². The van der Waals surface area contributed by atoms with Crippen LogP contribution >= 0.6 is 0 Å². The summed E-state index contributed by atoms with van der Waals surface area (Å²) in [7, 11) is 0. The van der Waals surface area contributed by atoms with Gasteiger partial charge in [-0.25, -0.2) is 0 Å². The number of phenolic OH excluding ortho intramolecular Hbond substituents is 1. The Kier molecular flexibility index (Phi) is 4.11. The molecule has 1 aliphatic heterocycles. The second kappa shape index (κ2) is 6.19. The summed E-state index contributed by atoms with van der Waals surface area (Å²) in [5.74, 6) is 0.325. The Morgan fingerprint density at radius 3 is 2.67 bits per heavy atom. The van der Waals surface area contributed by atoms with Crippen LogP contribution in [0.25, 0.3) is 0 Å². The van der Waals surface area contributed by atoms with E-state index in [2.05, 4.69) is 41.4 Å². The molecule has 0 amide bonds. The third-order valence-electron chi connectivity index (χ3n) is 4.19. The van der Waals surface area contributed by atoms with Gasteiger partial charge >= 0.3 is 0 Å². The number of rotatable bonds is 3. The van der Waals surface area contributed by atoms with Crippen molar-refractivity contribution in [2.75, 3.05) is 18.0 Å². The zero-order chi connectivity index (χ0) is 14.7. The van der Waals surface area contributed by atoms with Crippen molar-refractivity contribution in [3.63, 3.8) is 0 Å². The number of phenols is 1. The van der Waals surface area contributed by atoms with Crippen LogP contribution in [-0.4, -0.2) is 18.2 Å². The lowest BCUT2D eigenvalue weighted by molar-refractivity contribution is 0.474. The van der Waals surface area contributed by atoms with Crippen LogP contribution < -0.4 is 10.2 Å². The first kappa shape index (κ1) is 14.0. The fraction of sp³-hybridized carbons (Fsp3) is 0.333. The van der Waals surface area contributed by atoms with Crippen molar-refractivity contribution >= 4 is 5.69 Å². The third kappa shape index (κ3) is 2.88. The van der Waals surface area contributed by atoms with Gasteiger partial charge in [0.05, 0.1) is 6.04 Å². The molecule has 0 radical (unpaired) electrons. The van der Waals surface area contributed by atoms with Crippen molar-refractivity contribution < 1.29 is 5.11 Å². The summed E-state index contributed by atoms with van der Waals surface area (Å²) in [4.78, 5) is 2.49. The Morgan fingerprint density at radius 1 is 1.14 bits per heavy atom. The average molecular weight is 282 g/mol. The number of para-hydroxylation sites is 1. The van der Waals surface area contributed by atoms with Gasteiger partial charge in [-0.15, -0.1) is 0 Å². The topological polar surface area (TPSA) is 35.5 Å². The molecule has 2 aromatic carbocycles. The Labute approximate surface area is 126 Å². The SMILES string of the molecule is CCC(c1ccc(O)cc1)N1CCNCc2ccccc21. The van der Waals surface area contributed by atoms with Crippen molar-refractivity contribution in [2.24, 2.45) is 0 Å². The molecular formula is C18H22N2O. The van der Waals surface area contributed by atoms with Crippen molar-refractivity contribution in [1.82, 2.24) is 5.32 Å². The fourth-order valence-electron chi connectivity index (χ4n) is 3.14. The fourth-order valence-corrected chi connectivity index (χ4v) is 3.14. The van der Waals surface area contributed by atoms with Gasteiger partial charge in [0, 0.05) is 25.3 Å². The standard InChI is InChI=1S/C18H22N2O/c1-2-17(14-7-9-16(21)10-8-14)20-12-11-19-13-15-5-3-4-6-18(15)20/h3-10,17,19,21H,2,11-13H2,1H3. The number of hydrogen-bond acceptors (Lipinski definition) is 3. The molecule has 1 unspecified atom stereocenters. The Morgan fingerprint density at radius 2 is 1.90 bits per heavy atom. The van der Waals surface area contributed by atoms with Gasteiger partial charge in [-0.1, -0.05) is 37.3 Å². The molecule has 1 aliphatic rings. The van der Waals surface area contributed by atoms with E-state index in [1.165, 1.54) is 16.8 Å². The monoisotopic (exact) mass is 282 g/mol. The summed E-state index contributed by atoms with van der Waals surface area (Å²) >= 11 is 0. The van der Waals surface area contributed by atoms with Crippen LogP contribution in [0, 0.1) is 0 Å². The van der Waals surface area contributed by atoms with Crippen LogP contribution in [-0.2, 0) is 6.54 Å². The first-order chi connectivity index (χ1) is 10.3. The number of fused-ring (bicyclic) bond motifs is 1. The second-order valence-corrected chi connectivity index (χ2v) is 5.51. The molecule has 21 heavy (non-hydrogen) atoms. The van der Waals surface area contributed by atoms with Crippen molar-refractivity contribution in [2.45, 2.75) is 25.9 Å². The lowest BCUT2D eigenvalue weighted by Crippen LogP contribution is -2.32. The van der Waals surface area contributed by atoms with Gasteiger partial charge in [0.1, 0.15) is 5.75 Å². The lowest BCUT2D eigenvalue weighted by atomic mass is 10.0. The molecule has 3 rings (SSSR count). The molecule has 0 saturated heterocycles. The Balaban J connectivity index is 1.98. The molecule has 0 bridgehead atoms. The van der Waals surface area contributed by atoms with Gasteiger partial charge in [0.25, 0.3) is 0 Å². The minimum absolute atomic E-state index is 0.325. The first-order valence-electron chi connectivity index (χ1n) is 7.64. The van der Waals surface area contributed by atoms with E-state index in [1.54, 1.807) is 12.1 Å². The summed E-state index contributed by atoms with van der Waals surface area (Å²) in [6.45, 7) is 5.14. The van der Waals surface area contributed by atoms with Crippen LogP contribution in [0.1, 0.15) is 30.5 Å². The summed E-state index contributed by atoms with van der Waals surface area (Å²) in [5.41, 5.74) is 3.93. The molecular weight excluding hydrogens is 260 g/mol. The maximum Gasteiger partial charge on any atom is 0.115 e. The highest BCUT2D eigenvalue weighted by Crippen LogP contribution is 2.33. The van der Waals surface area contributed by atoms with Crippen molar-refractivity contribution in [1.29, 1.82) is 0 Å². The van der Waals surface area contributed by atoms with E-state index in [1.807, 2.05) is 12.1 Å². The molecule has 110 valence electrons. The second-order valence-electron chi connectivity index (χ2n) is 5.51. The van der Waals surface area contributed by atoms with E-state index < -0.39 is 0 Å². The average Bonchev–Trinajstić information content (AvgIpc) is 2.73. The molecule has 3 nitrogen and oxygen atoms in total. The van der Waals surface area contributed by atoms with Gasteiger partial charge in [0.15, 0.2) is 0 Å². The molecule has 1 heterocycles. The molecule has 2 aromatic rings. The quantitative estimate of drug-likeness (QED) is 0.905. The molecule has 0 saturated carbocycles. The highest BCUT2D eigenvalue weighted by Gasteiger charge is 2.22. The lowest BCUT2D eigenvalue weighted by Gasteiger charge is -2.33. The minimum atomic E-state index is 0.325. The highest BCUT2D eigenvalue weighted by molar-refractivity contribution is 5.56. The van der Waals surface area contributed by atoms with E-state index in [-0.39, 0.29) is 0 Å². The number of nitrogens with zero attached hydrogens (tertiary/aromatic N) is 1. The normalized spacial score (nSPS) is 16.1. The van der Waals surface area contributed by atoms with Crippen LogP contribution in [0.4, 0.5) is 5.69 Å². The van der Waals surface area contributed by atoms with Gasteiger partial charge in [0.2, 0.25) is 0 Å². The maximum atomic E-state index is 9.50. The molecule has 0 spiro atoms. The molecule has 0 aromatic heterocycles. The van der Waals surface area contributed by atoms with Crippen LogP contribution in [0.5, 0.6) is 5.75 Å². The zero-order valence-corrected chi connectivity index (χ0v) is 12.4. The summed E-state index contributed by atoms with van der Waals surface area (Å²) in [6, 6.07) is 16.6. The largest absolute Gasteiger partial charge is 0.508 e.